The molecular weight excluding hydrogens is 214 g/mol. The Labute approximate surface area is 94.6 Å². The molecule has 0 bridgehead atoms. The number of aliphatic hydroxyl groups is 1. The van der Waals surface area contributed by atoms with Gasteiger partial charge in [-0.05, 0) is 14.1 Å². The van der Waals surface area contributed by atoms with Crippen LogP contribution in [0.25, 0.3) is 0 Å². The summed E-state index contributed by atoms with van der Waals surface area (Å²) in [5, 5.41) is 19.6. The number of carboxylic acid groups (broad SMARTS) is 1. The predicted octanol–water partition coefficient (Wildman–Crippen LogP) is -1.37. The summed E-state index contributed by atoms with van der Waals surface area (Å²) < 4.78 is 0. The van der Waals surface area contributed by atoms with Crippen LogP contribution in [0.2, 0.25) is 0 Å². The second kappa shape index (κ2) is 7.02. The molecule has 0 aromatic carbocycles. The average Bonchev–Trinajstić information content (AvgIpc) is 2.21. The lowest BCUT2D eigenvalue weighted by Gasteiger charge is -2.21. The number of carboxylic acids is 1. The van der Waals surface area contributed by atoms with Crippen LogP contribution in [0.5, 0.6) is 0 Å². The van der Waals surface area contributed by atoms with E-state index in [0.717, 1.165) is 0 Å². The molecule has 0 saturated carbocycles. The van der Waals surface area contributed by atoms with Crippen molar-refractivity contribution in [2.75, 3.05) is 40.8 Å². The molecule has 3 N–H and O–H groups in total. The third-order valence-corrected chi connectivity index (χ3v) is 2.01. The molecule has 0 aromatic rings. The zero-order valence-corrected chi connectivity index (χ0v) is 9.80. The summed E-state index contributed by atoms with van der Waals surface area (Å²) in [6.07, 6.45) is 0. The van der Waals surface area contributed by atoms with E-state index in [1.165, 1.54) is 4.90 Å². The van der Waals surface area contributed by atoms with Crippen molar-refractivity contribution in [2.24, 2.45) is 0 Å². The van der Waals surface area contributed by atoms with Crippen LogP contribution in [0.4, 0.5) is 4.79 Å². The van der Waals surface area contributed by atoms with Gasteiger partial charge in [0.1, 0.15) is 0 Å². The van der Waals surface area contributed by atoms with E-state index in [2.05, 4.69) is 5.32 Å². The number of carbonyl (C=O) groups is 2. The highest BCUT2D eigenvalue weighted by Gasteiger charge is 2.20. The predicted molar refractivity (Wildman–Crippen MR) is 58.2 cm³/mol. The van der Waals surface area contributed by atoms with Gasteiger partial charge in [-0.1, -0.05) is 0 Å². The van der Waals surface area contributed by atoms with E-state index >= 15 is 0 Å². The van der Waals surface area contributed by atoms with E-state index < -0.39 is 24.6 Å². The standard InChI is InChI=1S/C9H19N3O4/c1-11(2)4-5-12(3)9(16)10-7(6-13)8(14)15/h7,13H,4-6H2,1-3H3,(H,10,16)(H,14,15)/t7-/m1/s1. The fraction of sp³-hybridized carbons (Fsp3) is 0.778. The van der Waals surface area contributed by atoms with Crippen LogP contribution in [0, 0.1) is 0 Å². The summed E-state index contributed by atoms with van der Waals surface area (Å²) in [6.45, 7) is 0.542. The molecule has 0 rings (SSSR count). The molecule has 2 amide bonds. The van der Waals surface area contributed by atoms with Gasteiger partial charge < -0.3 is 25.3 Å². The second-order valence-corrected chi connectivity index (χ2v) is 3.75. The normalized spacial score (nSPS) is 12.3. The van der Waals surface area contributed by atoms with Crippen molar-refractivity contribution in [3.05, 3.63) is 0 Å². The minimum Gasteiger partial charge on any atom is -0.480 e. The number of nitrogens with zero attached hydrogens (tertiary/aromatic N) is 2. The van der Waals surface area contributed by atoms with Crippen molar-refractivity contribution in [3.63, 3.8) is 0 Å². The van der Waals surface area contributed by atoms with E-state index in [9.17, 15) is 9.59 Å². The van der Waals surface area contributed by atoms with Crippen molar-refractivity contribution < 1.29 is 19.8 Å². The maximum absolute atomic E-state index is 11.5. The van der Waals surface area contributed by atoms with Crippen LogP contribution in [0.15, 0.2) is 0 Å². The molecular formula is C9H19N3O4. The molecule has 94 valence electrons. The molecule has 0 unspecified atom stereocenters. The number of nitrogens with one attached hydrogen (secondary N) is 1. The largest absolute Gasteiger partial charge is 0.480 e. The van der Waals surface area contributed by atoms with Crippen LogP contribution in [0.1, 0.15) is 0 Å². The van der Waals surface area contributed by atoms with Gasteiger partial charge in [-0.3, -0.25) is 0 Å². The third kappa shape index (κ3) is 5.52. The minimum absolute atomic E-state index is 0.483. The first-order valence-corrected chi connectivity index (χ1v) is 4.88. The fourth-order valence-corrected chi connectivity index (χ4v) is 0.896. The van der Waals surface area contributed by atoms with Crippen LogP contribution in [0.3, 0.4) is 0 Å². The highest BCUT2D eigenvalue weighted by molar-refractivity contribution is 5.82. The Morgan fingerprint density at radius 2 is 1.81 bits per heavy atom. The first-order chi connectivity index (χ1) is 7.38. The Morgan fingerprint density at radius 3 is 2.19 bits per heavy atom. The van der Waals surface area contributed by atoms with Crippen LogP contribution >= 0.6 is 0 Å². The van der Waals surface area contributed by atoms with E-state index in [4.69, 9.17) is 10.2 Å². The molecule has 0 aliphatic rings. The molecule has 7 nitrogen and oxygen atoms in total. The number of carbonyl (C=O) groups excluding carboxylic acids is 1. The van der Waals surface area contributed by atoms with Crippen molar-refractivity contribution in [2.45, 2.75) is 6.04 Å². The lowest BCUT2D eigenvalue weighted by molar-refractivity contribution is -0.140. The maximum atomic E-state index is 11.5. The zero-order valence-electron chi connectivity index (χ0n) is 9.80. The fourth-order valence-electron chi connectivity index (χ4n) is 0.896. The van der Waals surface area contributed by atoms with Crippen molar-refractivity contribution >= 4 is 12.0 Å². The van der Waals surface area contributed by atoms with E-state index in [-0.39, 0.29) is 0 Å². The summed E-state index contributed by atoms with van der Waals surface area (Å²) >= 11 is 0. The monoisotopic (exact) mass is 233 g/mol. The lowest BCUT2D eigenvalue weighted by Crippen LogP contribution is -2.49. The topological polar surface area (TPSA) is 93.1 Å². The van der Waals surface area contributed by atoms with Crippen molar-refractivity contribution in [1.82, 2.24) is 15.1 Å². The first kappa shape index (κ1) is 14.7. The Balaban J connectivity index is 4.08. The van der Waals surface area contributed by atoms with E-state index in [0.29, 0.717) is 13.1 Å². The summed E-state index contributed by atoms with van der Waals surface area (Å²) in [7, 11) is 5.31. The number of rotatable bonds is 6. The van der Waals surface area contributed by atoms with Gasteiger partial charge in [0.05, 0.1) is 6.61 Å². The number of aliphatic hydroxyl groups excluding tert-OH is 1. The summed E-state index contributed by atoms with van der Waals surface area (Å²) in [5.41, 5.74) is 0. The molecule has 16 heavy (non-hydrogen) atoms. The number of hydrogen-bond donors (Lipinski definition) is 3. The average molecular weight is 233 g/mol. The van der Waals surface area contributed by atoms with E-state index in [1.807, 2.05) is 19.0 Å². The number of likely N-dealkylation sites (N-methyl/N-ethyl adjacent to an activating group) is 2. The molecule has 0 aliphatic heterocycles. The van der Waals surface area contributed by atoms with Gasteiger partial charge in [0.2, 0.25) is 0 Å². The zero-order chi connectivity index (χ0) is 12.7. The molecule has 1 atom stereocenters. The van der Waals surface area contributed by atoms with Gasteiger partial charge in [0.15, 0.2) is 6.04 Å². The Hall–Kier alpha value is -1.34. The van der Waals surface area contributed by atoms with Crippen LogP contribution in [-0.4, -0.2) is 78.9 Å². The second-order valence-electron chi connectivity index (χ2n) is 3.75. The van der Waals surface area contributed by atoms with Crippen LogP contribution < -0.4 is 5.32 Å². The van der Waals surface area contributed by atoms with Crippen LogP contribution in [-0.2, 0) is 4.79 Å². The van der Waals surface area contributed by atoms with Gasteiger partial charge in [0.25, 0.3) is 0 Å². The molecule has 0 aliphatic carbocycles. The molecule has 7 heteroatoms. The maximum Gasteiger partial charge on any atom is 0.328 e. The highest BCUT2D eigenvalue weighted by atomic mass is 16.4. The molecule has 0 aromatic heterocycles. The molecule has 0 heterocycles. The molecule has 0 radical (unpaired) electrons. The third-order valence-electron chi connectivity index (χ3n) is 2.01. The van der Waals surface area contributed by atoms with Gasteiger partial charge in [-0.2, -0.15) is 0 Å². The number of aliphatic carboxylic acids is 1. The first-order valence-electron chi connectivity index (χ1n) is 4.88. The number of amides is 2. The SMILES string of the molecule is CN(C)CCN(C)C(=O)N[C@H](CO)C(=O)O. The Kier molecular flexibility index (Phi) is 6.43. The van der Waals surface area contributed by atoms with Gasteiger partial charge in [0, 0.05) is 20.1 Å². The Morgan fingerprint density at radius 1 is 1.25 bits per heavy atom. The van der Waals surface area contributed by atoms with Crippen molar-refractivity contribution in [1.29, 1.82) is 0 Å². The number of hydrogen-bond acceptors (Lipinski definition) is 4. The lowest BCUT2D eigenvalue weighted by atomic mass is 10.3. The van der Waals surface area contributed by atoms with Gasteiger partial charge >= 0.3 is 12.0 Å². The minimum atomic E-state index is -1.26. The molecule has 0 saturated heterocycles. The van der Waals surface area contributed by atoms with Gasteiger partial charge in [-0.25, -0.2) is 9.59 Å². The van der Waals surface area contributed by atoms with Crippen molar-refractivity contribution in [3.8, 4) is 0 Å². The number of urea groups is 1. The summed E-state index contributed by atoms with van der Waals surface area (Å²) in [4.78, 5) is 25.3. The molecule has 0 fully saturated rings. The molecule has 0 spiro atoms. The van der Waals surface area contributed by atoms with Gasteiger partial charge in [-0.15, -0.1) is 0 Å². The summed E-state index contributed by atoms with van der Waals surface area (Å²) in [5.74, 6) is -1.25. The highest BCUT2D eigenvalue weighted by Crippen LogP contribution is 1.89. The quantitative estimate of drug-likeness (QED) is 0.526. The Bertz CT molecular complexity index is 245. The smallest absolute Gasteiger partial charge is 0.328 e. The summed E-state index contributed by atoms with van der Waals surface area (Å²) in [6, 6.07) is -1.77. The van der Waals surface area contributed by atoms with E-state index in [1.54, 1.807) is 7.05 Å².